The first kappa shape index (κ1) is 12.9. The number of hydrogen-bond acceptors (Lipinski definition) is 2. The van der Waals surface area contributed by atoms with Crippen LogP contribution in [-0.4, -0.2) is 22.3 Å². The molecule has 0 bridgehead atoms. The second-order valence-corrected chi connectivity index (χ2v) is 5.80. The molecule has 0 aliphatic carbocycles. The monoisotopic (exact) mass is 278 g/mol. The Kier molecular flexibility index (Phi) is 3.76. The third-order valence-corrected chi connectivity index (χ3v) is 3.93. The summed E-state index contributed by atoms with van der Waals surface area (Å²) in [6, 6.07) is 8.22. The van der Waals surface area contributed by atoms with Crippen molar-refractivity contribution in [3.8, 4) is 0 Å². The molecule has 2 heterocycles. The minimum atomic E-state index is -0.0723. The van der Waals surface area contributed by atoms with Crippen molar-refractivity contribution in [1.82, 2.24) is 9.55 Å². The quantitative estimate of drug-likeness (QED) is 0.793. The molecule has 3 nitrogen and oxygen atoms in total. The van der Waals surface area contributed by atoms with Crippen LogP contribution in [0, 0.1) is 0 Å². The normalized spacial score (nSPS) is 21.1. The van der Waals surface area contributed by atoms with Gasteiger partial charge >= 0.3 is 0 Å². The summed E-state index contributed by atoms with van der Waals surface area (Å²) in [7, 11) is 0. The Morgan fingerprint density at radius 1 is 1.47 bits per heavy atom. The maximum Gasteiger partial charge on any atom is 0.127 e. The van der Waals surface area contributed by atoms with Gasteiger partial charge in [-0.15, -0.1) is 11.6 Å². The number of hydrogen-bond donors (Lipinski definition) is 0. The minimum Gasteiger partial charge on any atom is -0.378 e. The van der Waals surface area contributed by atoms with Gasteiger partial charge in [-0.05, 0) is 38.3 Å². The van der Waals surface area contributed by atoms with E-state index >= 15 is 0 Å². The maximum absolute atomic E-state index is 6.26. The molecule has 0 amide bonds. The fourth-order valence-corrected chi connectivity index (χ4v) is 2.94. The van der Waals surface area contributed by atoms with Gasteiger partial charge in [0.2, 0.25) is 0 Å². The largest absolute Gasteiger partial charge is 0.378 e. The smallest absolute Gasteiger partial charge is 0.127 e. The Bertz CT molecular complexity index is 558. The number of aromatic nitrogens is 2. The molecule has 4 heteroatoms. The Morgan fingerprint density at radius 2 is 2.32 bits per heavy atom. The van der Waals surface area contributed by atoms with E-state index in [4.69, 9.17) is 16.3 Å². The Morgan fingerprint density at radius 3 is 3.05 bits per heavy atom. The fourth-order valence-electron chi connectivity index (χ4n) is 2.78. The van der Waals surface area contributed by atoms with Crippen molar-refractivity contribution in [2.24, 2.45) is 0 Å². The van der Waals surface area contributed by atoms with E-state index in [0.717, 1.165) is 30.9 Å². The van der Waals surface area contributed by atoms with Gasteiger partial charge in [-0.3, -0.25) is 0 Å². The maximum atomic E-state index is 6.26. The van der Waals surface area contributed by atoms with E-state index in [1.165, 1.54) is 18.4 Å². The van der Waals surface area contributed by atoms with Gasteiger partial charge in [0.15, 0.2) is 0 Å². The zero-order valence-corrected chi connectivity index (χ0v) is 11.9. The number of rotatable bonds is 4. The second kappa shape index (κ2) is 5.51. The molecule has 1 aromatic heterocycles. The molecular weight excluding hydrogens is 260 g/mol. The first-order valence-corrected chi connectivity index (χ1v) is 7.40. The topological polar surface area (TPSA) is 27.1 Å². The van der Waals surface area contributed by atoms with E-state index in [-0.39, 0.29) is 5.38 Å². The van der Waals surface area contributed by atoms with Crippen molar-refractivity contribution in [3.05, 3.63) is 30.1 Å². The number of nitrogens with zero attached hydrogens (tertiary/aromatic N) is 2. The predicted molar refractivity (Wildman–Crippen MR) is 77.6 cm³/mol. The van der Waals surface area contributed by atoms with Crippen LogP contribution < -0.4 is 0 Å². The van der Waals surface area contributed by atoms with Gasteiger partial charge < -0.3 is 9.30 Å². The van der Waals surface area contributed by atoms with E-state index in [9.17, 15) is 0 Å². The highest BCUT2D eigenvalue weighted by Gasteiger charge is 2.18. The van der Waals surface area contributed by atoms with Gasteiger partial charge in [-0.1, -0.05) is 12.1 Å². The first-order valence-electron chi connectivity index (χ1n) is 6.96. The summed E-state index contributed by atoms with van der Waals surface area (Å²) in [5, 5.41) is -0.0723. The summed E-state index contributed by atoms with van der Waals surface area (Å²) in [4.78, 5) is 4.65. The van der Waals surface area contributed by atoms with E-state index in [2.05, 4.69) is 21.7 Å². The molecule has 19 heavy (non-hydrogen) atoms. The minimum absolute atomic E-state index is 0.0723. The van der Waals surface area contributed by atoms with Crippen LogP contribution in [0.1, 0.15) is 37.4 Å². The number of ether oxygens (including phenoxy) is 1. The lowest BCUT2D eigenvalue weighted by molar-refractivity contribution is 0.100. The van der Waals surface area contributed by atoms with Crippen molar-refractivity contribution >= 4 is 22.6 Å². The van der Waals surface area contributed by atoms with Crippen LogP contribution in [0.15, 0.2) is 24.3 Å². The molecule has 1 saturated heterocycles. The number of benzene rings is 1. The van der Waals surface area contributed by atoms with Crippen molar-refractivity contribution < 1.29 is 4.74 Å². The van der Waals surface area contributed by atoms with Gasteiger partial charge in [-0.25, -0.2) is 4.98 Å². The molecule has 2 aromatic rings. The highest BCUT2D eigenvalue weighted by molar-refractivity contribution is 6.20. The summed E-state index contributed by atoms with van der Waals surface area (Å²) in [6.45, 7) is 3.82. The van der Waals surface area contributed by atoms with Gasteiger partial charge in [0.1, 0.15) is 5.82 Å². The third kappa shape index (κ3) is 2.63. The molecule has 1 aliphatic heterocycles. The van der Waals surface area contributed by atoms with E-state index in [1.54, 1.807) is 0 Å². The summed E-state index contributed by atoms with van der Waals surface area (Å²) >= 11 is 6.26. The third-order valence-electron chi connectivity index (χ3n) is 3.74. The average Bonchev–Trinajstić information content (AvgIpc) is 3.03. The lowest BCUT2D eigenvalue weighted by Crippen LogP contribution is -2.12. The van der Waals surface area contributed by atoms with Crippen molar-refractivity contribution in [3.63, 3.8) is 0 Å². The number of alkyl halides is 1. The van der Waals surface area contributed by atoms with Crippen LogP contribution in [-0.2, 0) is 11.3 Å². The standard InChI is InChI=1S/C15H19ClN2O/c1-11(16)15-17-13-6-2-3-7-14(13)18(15)9-8-12-5-4-10-19-12/h2-3,6-7,11-12H,4-5,8-10H2,1H3. The van der Waals surface area contributed by atoms with Gasteiger partial charge in [-0.2, -0.15) is 0 Å². The van der Waals surface area contributed by atoms with Gasteiger partial charge in [0, 0.05) is 13.2 Å². The van der Waals surface area contributed by atoms with Crippen molar-refractivity contribution in [2.45, 2.75) is 44.2 Å². The Balaban J connectivity index is 1.88. The van der Waals surface area contributed by atoms with Gasteiger partial charge in [0.25, 0.3) is 0 Å². The lowest BCUT2D eigenvalue weighted by Gasteiger charge is -2.13. The summed E-state index contributed by atoms with van der Waals surface area (Å²) in [6.07, 6.45) is 3.81. The van der Waals surface area contributed by atoms with Crippen LogP contribution in [0.4, 0.5) is 0 Å². The highest BCUT2D eigenvalue weighted by Crippen LogP contribution is 2.26. The molecule has 1 aliphatic rings. The van der Waals surface area contributed by atoms with Crippen LogP contribution >= 0.6 is 11.6 Å². The molecule has 2 unspecified atom stereocenters. The highest BCUT2D eigenvalue weighted by atomic mass is 35.5. The zero-order chi connectivity index (χ0) is 13.2. The lowest BCUT2D eigenvalue weighted by atomic mass is 10.2. The Hall–Kier alpha value is -1.06. The van der Waals surface area contributed by atoms with Crippen molar-refractivity contribution in [1.29, 1.82) is 0 Å². The van der Waals surface area contributed by atoms with E-state index in [1.807, 2.05) is 19.1 Å². The molecule has 0 saturated carbocycles. The molecule has 0 N–H and O–H groups in total. The molecular formula is C15H19ClN2O. The van der Waals surface area contributed by atoms with Crippen LogP contribution in [0.5, 0.6) is 0 Å². The molecule has 0 spiro atoms. The fraction of sp³-hybridized carbons (Fsp3) is 0.533. The number of imidazole rings is 1. The predicted octanol–water partition coefficient (Wildman–Crippen LogP) is 3.91. The molecule has 3 rings (SSSR count). The van der Waals surface area contributed by atoms with E-state index in [0.29, 0.717) is 6.10 Å². The summed E-state index contributed by atoms with van der Waals surface area (Å²) in [5.74, 6) is 0.959. The van der Waals surface area contributed by atoms with Crippen LogP contribution in [0.2, 0.25) is 0 Å². The molecule has 0 radical (unpaired) electrons. The molecule has 102 valence electrons. The molecule has 2 atom stereocenters. The summed E-state index contributed by atoms with van der Waals surface area (Å²) < 4.78 is 7.94. The number of para-hydroxylation sites is 2. The van der Waals surface area contributed by atoms with Crippen LogP contribution in [0.3, 0.4) is 0 Å². The van der Waals surface area contributed by atoms with Crippen LogP contribution in [0.25, 0.3) is 11.0 Å². The molecule has 1 fully saturated rings. The number of fused-ring (bicyclic) bond motifs is 1. The molecule has 1 aromatic carbocycles. The average molecular weight is 279 g/mol. The first-order chi connectivity index (χ1) is 9.25. The Labute approximate surface area is 118 Å². The number of aryl methyl sites for hydroxylation is 1. The SMILES string of the molecule is CC(Cl)c1nc2ccccc2n1CCC1CCCO1. The van der Waals surface area contributed by atoms with Crippen molar-refractivity contribution in [2.75, 3.05) is 6.61 Å². The number of halogens is 1. The zero-order valence-electron chi connectivity index (χ0n) is 11.2. The van der Waals surface area contributed by atoms with Gasteiger partial charge in [0.05, 0.1) is 22.5 Å². The second-order valence-electron chi connectivity index (χ2n) is 5.15. The summed E-state index contributed by atoms with van der Waals surface area (Å²) in [5.41, 5.74) is 2.19. The van der Waals surface area contributed by atoms with E-state index < -0.39 is 0 Å².